The van der Waals surface area contributed by atoms with Crippen molar-refractivity contribution in [3.05, 3.63) is 36.5 Å². The van der Waals surface area contributed by atoms with Crippen molar-refractivity contribution in [1.82, 2.24) is 0 Å². The van der Waals surface area contributed by atoms with Gasteiger partial charge in [0.05, 0.1) is 40.3 Å². The highest BCUT2D eigenvalue weighted by Gasteiger charge is 2.22. The first-order chi connectivity index (χ1) is 32.1. The maximum Gasteiger partial charge on any atom is 0.306 e. The number of carbonyl (C=O) groups is 3. The van der Waals surface area contributed by atoms with E-state index >= 15 is 0 Å². The Morgan fingerprint density at radius 1 is 0.455 bits per heavy atom. The monoisotopic (exact) mass is 932 g/mol. The van der Waals surface area contributed by atoms with Crippen LogP contribution < -0.4 is 5.11 Å². The molecule has 0 aromatic carbocycles. The van der Waals surface area contributed by atoms with E-state index in [1.54, 1.807) is 0 Å². The zero-order chi connectivity index (χ0) is 48.4. The first-order valence-corrected chi connectivity index (χ1v) is 27.6. The number of nitrogens with zero attached hydrogens (tertiary/aromatic N) is 1. The Balaban J connectivity index is 4.23. The number of unbranched alkanes of at least 4 members (excludes halogenated alkanes) is 30. The molecule has 0 fully saturated rings. The van der Waals surface area contributed by atoms with Crippen LogP contribution in [0, 0.1) is 0 Å². The predicted octanol–water partition coefficient (Wildman–Crippen LogP) is 14.4. The Hall–Kier alpha value is -2.49. The van der Waals surface area contributed by atoms with Crippen LogP contribution >= 0.6 is 0 Å². The molecule has 0 N–H and O–H groups in total. The summed E-state index contributed by atoms with van der Waals surface area (Å²) >= 11 is 0. The number of hydrogen-bond acceptors (Lipinski definition) is 8. The van der Waals surface area contributed by atoms with Crippen LogP contribution in [0.2, 0.25) is 0 Å². The second-order valence-corrected chi connectivity index (χ2v) is 19.9. The summed E-state index contributed by atoms with van der Waals surface area (Å²) in [6.07, 6.45) is 54.7. The van der Waals surface area contributed by atoms with Crippen LogP contribution in [-0.4, -0.2) is 82.3 Å². The van der Waals surface area contributed by atoms with Crippen LogP contribution in [0.1, 0.15) is 251 Å². The van der Waals surface area contributed by atoms with E-state index in [1.165, 1.54) is 161 Å². The van der Waals surface area contributed by atoms with E-state index < -0.39 is 24.3 Å². The third kappa shape index (κ3) is 49.4. The zero-order valence-electron chi connectivity index (χ0n) is 43.8. The first kappa shape index (κ1) is 63.5. The van der Waals surface area contributed by atoms with Crippen LogP contribution in [0.4, 0.5) is 0 Å². The van der Waals surface area contributed by atoms with E-state index in [2.05, 4.69) is 50.3 Å². The average molecular weight is 932 g/mol. The van der Waals surface area contributed by atoms with Gasteiger partial charge in [0.1, 0.15) is 13.2 Å². The molecule has 386 valence electrons. The van der Waals surface area contributed by atoms with Crippen molar-refractivity contribution in [3.63, 3.8) is 0 Å². The zero-order valence-corrected chi connectivity index (χ0v) is 43.8. The Morgan fingerprint density at radius 2 is 0.818 bits per heavy atom. The summed E-state index contributed by atoms with van der Waals surface area (Å²) in [5.74, 6) is -2.29. The lowest BCUT2D eigenvalue weighted by atomic mass is 10.0. The molecule has 0 radical (unpaired) electrons. The first-order valence-electron chi connectivity index (χ1n) is 27.6. The molecule has 0 aromatic rings. The fraction of sp³-hybridized carbons (Fsp3) is 0.842. The number of ether oxygens (including phenoxy) is 4. The number of allylic oxidation sites excluding steroid dienone is 6. The SMILES string of the molecule is CCCCCC/C=C\C/C=C\CCCCCCCC(=O)OC(COC(=O)CCCCCCCCCCCCCCC/C=C\CCCCCCCCCC)COC(OCC[N+](C)(C)C)C(=O)[O-]. The van der Waals surface area contributed by atoms with E-state index in [4.69, 9.17) is 18.9 Å². The van der Waals surface area contributed by atoms with E-state index in [-0.39, 0.29) is 32.2 Å². The Labute approximate surface area is 407 Å². The largest absolute Gasteiger partial charge is 0.545 e. The van der Waals surface area contributed by atoms with Gasteiger partial charge in [0, 0.05) is 12.8 Å². The van der Waals surface area contributed by atoms with Gasteiger partial charge in [0.25, 0.3) is 0 Å². The molecule has 0 aromatic heterocycles. The summed E-state index contributed by atoms with van der Waals surface area (Å²) in [4.78, 5) is 37.2. The molecule has 2 atom stereocenters. The third-order valence-corrected chi connectivity index (χ3v) is 12.1. The van der Waals surface area contributed by atoms with Crippen molar-refractivity contribution in [1.29, 1.82) is 0 Å². The van der Waals surface area contributed by atoms with Crippen LogP contribution in [0.3, 0.4) is 0 Å². The highest BCUT2D eigenvalue weighted by Crippen LogP contribution is 2.16. The van der Waals surface area contributed by atoms with Gasteiger partial charge in [-0.1, -0.05) is 204 Å². The van der Waals surface area contributed by atoms with Gasteiger partial charge in [-0.15, -0.1) is 0 Å². The smallest absolute Gasteiger partial charge is 0.306 e. The highest BCUT2D eigenvalue weighted by atomic mass is 16.7. The van der Waals surface area contributed by atoms with E-state index in [1.807, 2.05) is 21.1 Å². The van der Waals surface area contributed by atoms with Gasteiger partial charge in [-0.2, -0.15) is 0 Å². The molecule has 0 aliphatic carbocycles. The van der Waals surface area contributed by atoms with Gasteiger partial charge in [-0.3, -0.25) is 9.59 Å². The molecular formula is C57H105NO8. The van der Waals surface area contributed by atoms with Gasteiger partial charge in [0.15, 0.2) is 12.4 Å². The van der Waals surface area contributed by atoms with Crippen LogP contribution in [0.15, 0.2) is 36.5 Å². The number of esters is 2. The number of carboxylic acids is 1. The lowest BCUT2D eigenvalue weighted by Crippen LogP contribution is -2.44. The summed E-state index contributed by atoms with van der Waals surface area (Å²) in [6, 6.07) is 0. The average Bonchev–Trinajstić information content (AvgIpc) is 3.28. The number of hydrogen-bond donors (Lipinski definition) is 0. The fourth-order valence-corrected chi connectivity index (χ4v) is 7.80. The van der Waals surface area contributed by atoms with Crippen molar-refractivity contribution in [2.75, 3.05) is 47.5 Å². The summed E-state index contributed by atoms with van der Waals surface area (Å²) in [5.41, 5.74) is 0. The van der Waals surface area contributed by atoms with E-state index in [0.717, 1.165) is 57.8 Å². The van der Waals surface area contributed by atoms with Crippen LogP contribution in [0.25, 0.3) is 0 Å². The molecule has 0 saturated heterocycles. The molecule has 0 bridgehead atoms. The third-order valence-electron chi connectivity index (χ3n) is 12.1. The maximum atomic E-state index is 12.8. The normalized spacial score (nSPS) is 13.0. The second-order valence-electron chi connectivity index (χ2n) is 19.9. The summed E-state index contributed by atoms with van der Waals surface area (Å²) in [7, 11) is 5.92. The molecule has 66 heavy (non-hydrogen) atoms. The number of carbonyl (C=O) groups excluding carboxylic acids is 3. The Morgan fingerprint density at radius 3 is 1.23 bits per heavy atom. The van der Waals surface area contributed by atoms with E-state index in [0.29, 0.717) is 23.9 Å². The molecule has 2 unspecified atom stereocenters. The maximum absolute atomic E-state index is 12.8. The highest BCUT2D eigenvalue weighted by molar-refractivity contribution is 5.70. The van der Waals surface area contributed by atoms with Gasteiger partial charge >= 0.3 is 11.9 Å². The van der Waals surface area contributed by atoms with Gasteiger partial charge < -0.3 is 33.3 Å². The van der Waals surface area contributed by atoms with Crippen molar-refractivity contribution in [2.45, 2.75) is 264 Å². The number of quaternary nitrogens is 1. The minimum Gasteiger partial charge on any atom is -0.545 e. The predicted molar refractivity (Wildman–Crippen MR) is 274 cm³/mol. The van der Waals surface area contributed by atoms with Crippen molar-refractivity contribution >= 4 is 17.9 Å². The molecule has 0 aliphatic rings. The molecular weight excluding hydrogens is 827 g/mol. The number of likely N-dealkylation sites (N-methyl/N-ethyl adjacent to an activating group) is 1. The van der Waals surface area contributed by atoms with Gasteiger partial charge in [-0.25, -0.2) is 0 Å². The van der Waals surface area contributed by atoms with Crippen LogP contribution in [-0.2, 0) is 33.3 Å². The summed E-state index contributed by atoms with van der Waals surface area (Å²) in [6.45, 7) is 4.73. The molecule has 0 spiro atoms. The van der Waals surface area contributed by atoms with Crippen molar-refractivity contribution < 1.29 is 42.9 Å². The Bertz CT molecular complexity index is 1180. The van der Waals surface area contributed by atoms with Crippen LogP contribution in [0.5, 0.6) is 0 Å². The molecule has 0 rings (SSSR count). The van der Waals surface area contributed by atoms with E-state index in [9.17, 15) is 19.5 Å². The summed E-state index contributed by atoms with van der Waals surface area (Å²) in [5, 5.41) is 11.7. The quantitative estimate of drug-likeness (QED) is 0.0195. The number of carboxylic acid groups (broad SMARTS) is 1. The second kappa shape index (κ2) is 48.9. The minimum atomic E-state index is -1.62. The fourth-order valence-electron chi connectivity index (χ4n) is 7.80. The standard InChI is InChI=1S/C57H105NO8/c1-6-8-10-12-14-16-18-20-22-24-25-26-27-28-29-30-31-32-34-35-37-39-41-43-45-47-54(59)64-51-53(52-65-57(56(61)62)63-50-49-58(3,4)5)66-55(60)48-46-44-42-40-38-36-33-23-21-19-17-15-13-11-9-7-2/h17,19,23-25,33,53,57H,6-16,18,20-22,26-32,34-52H2,1-5H3/b19-17-,25-24-,33-23-. The number of rotatable bonds is 51. The van der Waals surface area contributed by atoms with Crippen molar-refractivity contribution in [3.8, 4) is 0 Å². The number of aliphatic carboxylic acids is 1. The summed E-state index contributed by atoms with van der Waals surface area (Å²) < 4.78 is 22.6. The van der Waals surface area contributed by atoms with Crippen molar-refractivity contribution in [2.24, 2.45) is 0 Å². The molecule has 0 amide bonds. The molecule has 0 heterocycles. The Kier molecular flexibility index (Phi) is 47.1. The lowest BCUT2D eigenvalue weighted by Gasteiger charge is -2.26. The minimum absolute atomic E-state index is 0.145. The lowest BCUT2D eigenvalue weighted by molar-refractivity contribution is -0.870. The van der Waals surface area contributed by atoms with Gasteiger partial charge in [-0.05, 0) is 70.6 Å². The molecule has 0 saturated carbocycles. The topological polar surface area (TPSA) is 111 Å². The molecule has 9 nitrogen and oxygen atoms in total. The molecule has 9 heteroatoms. The van der Waals surface area contributed by atoms with Gasteiger partial charge in [0.2, 0.25) is 0 Å². The molecule has 0 aliphatic heterocycles.